The third-order valence-electron chi connectivity index (χ3n) is 4.98. The molecule has 5 heteroatoms. The molecular formula is C19H23N3O2. The van der Waals surface area contributed by atoms with Crippen molar-refractivity contribution >= 4 is 10.9 Å². The van der Waals surface area contributed by atoms with Crippen molar-refractivity contribution in [3.8, 4) is 0 Å². The maximum Gasteiger partial charge on any atom is 0.137 e. The van der Waals surface area contributed by atoms with Crippen LogP contribution in [0.1, 0.15) is 17.0 Å². The van der Waals surface area contributed by atoms with Crippen molar-refractivity contribution in [3.63, 3.8) is 0 Å². The maximum atomic E-state index is 5.73. The molecule has 0 aliphatic carbocycles. The van der Waals surface area contributed by atoms with Gasteiger partial charge in [0.15, 0.2) is 0 Å². The molecule has 0 radical (unpaired) electrons. The topological polar surface area (TPSA) is 54.3 Å². The fourth-order valence-corrected chi connectivity index (χ4v) is 3.82. The molecule has 0 unspecified atom stereocenters. The minimum atomic E-state index is 0.237. The van der Waals surface area contributed by atoms with Gasteiger partial charge in [-0.05, 0) is 24.6 Å². The molecule has 1 fully saturated rings. The number of methoxy groups -OCH3 is 1. The largest absolute Gasteiger partial charge is 0.380 e. The summed E-state index contributed by atoms with van der Waals surface area (Å²) in [4.78, 5) is 5.76. The van der Waals surface area contributed by atoms with Crippen LogP contribution < -0.4 is 0 Å². The highest BCUT2D eigenvalue weighted by atomic mass is 16.5. The van der Waals surface area contributed by atoms with Gasteiger partial charge in [-0.1, -0.05) is 17.3 Å². The number of likely N-dealkylation sites (tertiary alicyclic amines) is 1. The lowest BCUT2D eigenvalue weighted by atomic mass is 10.0. The summed E-state index contributed by atoms with van der Waals surface area (Å²) < 4.78 is 11.1. The van der Waals surface area contributed by atoms with Gasteiger partial charge in [-0.25, -0.2) is 0 Å². The summed E-state index contributed by atoms with van der Waals surface area (Å²) in [5.74, 6) is 1.39. The van der Waals surface area contributed by atoms with Crippen molar-refractivity contribution in [3.05, 3.63) is 53.5 Å². The zero-order valence-electron chi connectivity index (χ0n) is 14.2. The Kier molecular flexibility index (Phi) is 4.12. The van der Waals surface area contributed by atoms with Gasteiger partial charge in [-0.2, -0.15) is 0 Å². The van der Waals surface area contributed by atoms with E-state index >= 15 is 0 Å². The first-order valence-electron chi connectivity index (χ1n) is 8.45. The molecule has 3 heterocycles. The Morgan fingerprint density at radius 1 is 1.33 bits per heavy atom. The van der Waals surface area contributed by atoms with Crippen molar-refractivity contribution in [1.29, 1.82) is 0 Å². The second-order valence-corrected chi connectivity index (χ2v) is 6.72. The normalized spacial score (nSPS) is 21.8. The van der Waals surface area contributed by atoms with Crippen LogP contribution in [0.5, 0.6) is 0 Å². The van der Waals surface area contributed by atoms with Crippen molar-refractivity contribution in [2.45, 2.75) is 26.0 Å². The Labute approximate surface area is 141 Å². The zero-order chi connectivity index (χ0) is 16.5. The molecule has 2 aromatic heterocycles. The third-order valence-corrected chi connectivity index (χ3v) is 4.98. The molecule has 0 spiro atoms. The molecule has 24 heavy (non-hydrogen) atoms. The highest BCUT2D eigenvalue weighted by Crippen LogP contribution is 2.27. The number of aromatic amines is 1. The minimum Gasteiger partial charge on any atom is -0.380 e. The highest BCUT2D eigenvalue weighted by molar-refractivity contribution is 5.82. The molecule has 2 atom stereocenters. The molecule has 4 rings (SSSR count). The Bertz CT molecular complexity index is 823. The van der Waals surface area contributed by atoms with Gasteiger partial charge >= 0.3 is 0 Å². The van der Waals surface area contributed by atoms with Gasteiger partial charge in [0.2, 0.25) is 0 Å². The van der Waals surface area contributed by atoms with Crippen LogP contribution in [-0.2, 0) is 17.7 Å². The molecule has 1 aliphatic rings. The lowest BCUT2D eigenvalue weighted by Crippen LogP contribution is -2.23. The number of ether oxygens (including phenoxy) is 1. The maximum absolute atomic E-state index is 5.73. The van der Waals surface area contributed by atoms with E-state index in [9.17, 15) is 0 Å². The summed E-state index contributed by atoms with van der Waals surface area (Å²) in [6, 6.07) is 10.6. The first-order valence-corrected chi connectivity index (χ1v) is 8.45. The smallest absolute Gasteiger partial charge is 0.137 e. The second kappa shape index (κ2) is 6.42. The molecule has 1 N–H and O–H groups in total. The van der Waals surface area contributed by atoms with Crippen molar-refractivity contribution < 1.29 is 9.26 Å². The molecule has 0 saturated carbocycles. The number of H-pyrrole nitrogens is 1. The molecule has 126 valence electrons. The SMILES string of the molecule is CO[C@H]1CN(Cc2cccc3[nH]ccc23)C[C@H]1Cc1cc(C)no1. The van der Waals surface area contributed by atoms with Gasteiger partial charge in [-0.3, -0.25) is 4.90 Å². The van der Waals surface area contributed by atoms with E-state index < -0.39 is 0 Å². The molecule has 0 amide bonds. The number of nitrogens with zero attached hydrogens (tertiary/aromatic N) is 2. The predicted octanol–water partition coefficient (Wildman–Crippen LogP) is 3.15. The summed E-state index contributed by atoms with van der Waals surface area (Å²) in [7, 11) is 1.81. The van der Waals surface area contributed by atoms with Crippen LogP contribution in [0.2, 0.25) is 0 Å². The first kappa shape index (κ1) is 15.4. The van der Waals surface area contributed by atoms with E-state index in [2.05, 4.69) is 39.3 Å². The summed E-state index contributed by atoms with van der Waals surface area (Å²) in [6.07, 6.45) is 3.12. The van der Waals surface area contributed by atoms with Crippen LogP contribution in [0.15, 0.2) is 41.1 Å². The van der Waals surface area contributed by atoms with Gasteiger partial charge in [-0.15, -0.1) is 0 Å². The fraction of sp³-hybridized carbons (Fsp3) is 0.421. The lowest BCUT2D eigenvalue weighted by molar-refractivity contribution is 0.0762. The first-order chi connectivity index (χ1) is 11.7. The number of aromatic nitrogens is 2. The zero-order valence-corrected chi connectivity index (χ0v) is 14.2. The van der Waals surface area contributed by atoms with Crippen LogP contribution in [0.25, 0.3) is 10.9 Å². The van der Waals surface area contributed by atoms with E-state index in [0.717, 1.165) is 37.5 Å². The number of hydrogen-bond donors (Lipinski definition) is 1. The Morgan fingerprint density at radius 3 is 3.04 bits per heavy atom. The Hall–Kier alpha value is -2.11. The van der Waals surface area contributed by atoms with Gasteiger partial charge in [0.25, 0.3) is 0 Å². The van der Waals surface area contributed by atoms with E-state index in [1.54, 1.807) is 7.11 Å². The van der Waals surface area contributed by atoms with E-state index in [1.807, 2.05) is 19.2 Å². The average Bonchev–Trinajstić information content (AvgIpc) is 3.28. The number of aryl methyl sites for hydroxylation is 1. The number of fused-ring (bicyclic) bond motifs is 1. The number of rotatable bonds is 5. The van der Waals surface area contributed by atoms with Gasteiger partial charge in [0.1, 0.15) is 5.76 Å². The molecular weight excluding hydrogens is 302 g/mol. The standard InChI is InChI=1S/C19H23N3O2/c1-13-8-16(24-21-13)9-15-11-22(12-19(15)23-2)10-14-4-3-5-18-17(14)6-7-20-18/h3-8,15,19-20H,9-12H2,1-2H3/t15-,19+/m1/s1. The monoisotopic (exact) mass is 325 g/mol. The van der Waals surface area contributed by atoms with E-state index in [-0.39, 0.29) is 6.10 Å². The summed E-state index contributed by atoms with van der Waals surface area (Å²) in [5, 5.41) is 5.30. The Morgan fingerprint density at radius 2 is 2.25 bits per heavy atom. The van der Waals surface area contributed by atoms with Crippen LogP contribution in [-0.4, -0.2) is 41.3 Å². The van der Waals surface area contributed by atoms with Crippen molar-refractivity contribution in [1.82, 2.24) is 15.0 Å². The Balaban J connectivity index is 1.48. The summed E-state index contributed by atoms with van der Waals surface area (Å²) >= 11 is 0. The van der Waals surface area contributed by atoms with Crippen molar-refractivity contribution in [2.24, 2.45) is 5.92 Å². The number of hydrogen-bond acceptors (Lipinski definition) is 4. The predicted molar refractivity (Wildman–Crippen MR) is 92.8 cm³/mol. The molecule has 5 nitrogen and oxygen atoms in total. The highest BCUT2D eigenvalue weighted by Gasteiger charge is 2.33. The molecule has 1 saturated heterocycles. The van der Waals surface area contributed by atoms with E-state index in [0.29, 0.717) is 5.92 Å². The van der Waals surface area contributed by atoms with Gasteiger partial charge < -0.3 is 14.2 Å². The average molecular weight is 325 g/mol. The van der Waals surface area contributed by atoms with Crippen LogP contribution in [0, 0.1) is 12.8 Å². The summed E-state index contributed by atoms with van der Waals surface area (Å²) in [6.45, 7) is 4.87. The lowest BCUT2D eigenvalue weighted by Gasteiger charge is -2.16. The molecule has 0 bridgehead atoms. The van der Waals surface area contributed by atoms with Gasteiger partial charge in [0, 0.05) is 62.2 Å². The molecule has 1 aromatic carbocycles. The van der Waals surface area contributed by atoms with Gasteiger partial charge in [0.05, 0.1) is 11.8 Å². The quantitative estimate of drug-likeness (QED) is 0.783. The van der Waals surface area contributed by atoms with Crippen LogP contribution in [0.4, 0.5) is 0 Å². The third kappa shape index (κ3) is 2.97. The van der Waals surface area contributed by atoms with Crippen molar-refractivity contribution in [2.75, 3.05) is 20.2 Å². The summed E-state index contributed by atoms with van der Waals surface area (Å²) in [5.41, 5.74) is 3.50. The van der Waals surface area contributed by atoms with E-state index in [4.69, 9.17) is 9.26 Å². The van der Waals surface area contributed by atoms with E-state index in [1.165, 1.54) is 16.5 Å². The molecule has 3 aromatic rings. The molecule has 1 aliphatic heterocycles. The fourth-order valence-electron chi connectivity index (χ4n) is 3.82. The van der Waals surface area contributed by atoms with Crippen LogP contribution in [0.3, 0.4) is 0 Å². The minimum absolute atomic E-state index is 0.237. The van der Waals surface area contributed by atoms with Crippen LogP contribution >= 0.6 is 0 Å². The number of benzene rings is 1. The second-order valence-electron chi connectivity index (χ2n) is 6.72. The number of nitrogens with one attached hydrogen (secondary N) is 1.